The van der Waals surface area contributed by atoms with Gasteiger partial charge in [0.15, 0.2) is 16.6 Å². The smallest absolute Gasteiger partial charge is 0.227 e. The first kappa shape index (κ1) is 21.8. The van der Waals surface area contributed by atoms with Gasteiger partial charge in [0.2, 0.25) is 17.6 Å². The molecular weight excluding hydrogens is 402 g/mol. The molecule has 0 spiro atoms. The van der Waals surface area contributed by atoms with Crippen LogP contribution in [0.3, 0.4) is 0 Å². The molecular formula is C18H23N3O5S2. The predicted octanol–water partition coefficient (Wildman–Crippen LogP) is 2.63. The Morgan fingerprint density at radius 1 is 1.18 bits per heavy atom. The lowest BCUT2D eigenvalue weighted by Gasteiger charge is -2.14. The number of carbonyl (C=O) groups excluding carboxylic acids is 2. The Labute approximate surface area is 171 Å². The average molecular weight is 426 g/mol. The number of amides is 2. The summed E-state index contributed by atoms with van der Waals surface area (Å²) in [5.41, 5.74) is 6.81. The molecule has 0 fully saturated rings. The van der Waals surface area contributed by atoms with Crippen LogP contribution in [0.5, 0.6) is 17.2 Å². The Hall–Kier alpha value is -2.46. The molecule has 0 saturated carbocycles. The first-order valence-corrected chi connectivity index (χ1v) is 10.1. The third-order valence-electron chi connectivity index (χ3n) is 3.71. The number of thioether (sulfide) groups is 1. The van der Waals surface area contributed by atoms with E-state index in [2.05, 4.69) is 10.3 Å². The maximum atomic E-state index is 12.3. The van der Waals surface area contributed by atoms with Crippen LogP contribution in [0.25, 0.3) is 0 Å². The summed E-state index contributed by atoms with van der Waals surface area (Å²) in [5.74, 6) is 1.23. The molecule has 1 aromatic heterocycles. The Balaban J connectivity index is 1.99. The minimum atomic E-state index is -0.395. The van der Waals surface area contributed by atoms with Crippen LogP contribution in [0, 0.1) is 6.92 Å². The van der Waals surface area contributed by atoms with Crippen LogP contribution in [0.15, 0.2) is 16.3 Å². The second kappa shape index (κ2) is 10.2. The molecule has 1 heterocycles. The van der Waals surface area contributed by atoms with Gasteiger partial charge in [0.1, 0.15) is 0 Å². The zero-order valence-electron chi connectivity index (χ0n) is 16.2. The molecule has 1 aromatic carbocycles. The Morgan fingerprint density at radius 2 is 1.82 bits per heavy atom. The van der Waals surface area contributed by atoms with Gasteiger partial charge >= 0.3 is 0 Å². The third kappa shape index (κ3) is 5.77. The summed E-state index contributed by atoms with van der Waals surface area (Å²) in [6.07, 6.45) is 0.761. The fourth-order valence-corrected chi connectivity index (χ4v) is 4.32. The van der Waals surface area contributed by atoms with Gasteiger partial charge in [-0.1, -0.05) is 11.3 Å². The van der Waals surface area contributed by atoms with Crippen LogP contribution in [0.2, 0.25) is 0 Å². The van der Waals surface area contributed by atoms with Crippen LogP contribution >= 0.6 is 23.1 Å². The van der Waals surface area contributed by atoms with E-state index in [0.29, 0.717) is 28.8 Å². The van der Waals surface area contributed by atoms with Gasteiger partial charge < -0.3 is 25.3 Å². The van der Waals surface area contributed by atoms with Gasteiger partial charge in [0.25, 0.3) is 0 Å². The third-order valence-corrected chi connectivity index (χ3v) is 6.17. The lowest BCUT2D eigenvalue weighted by Crippen LogP contribution is -2.12. The van der Waals surface area contributed by atoms with Crippen molar-refractivity contribution in [1.29, 1.82) is 0 Å². The topological polar surface area (TPSA) is 113 Å². The number of nitrogens with zero attached hydrogens (tertiary/aromatic N) is 1. The van der Waals surface area contributed by atoms with Crippen LogP contribution in [0.1, 0.15) is 17.7 Å². The zero-order valence-corrected chi connectivity index (χ0v) is 17.8. The molecule has 3 N–H and O–H groups in total. The van der Waals surface area contributed by atoms with Crippen molar-refractivity contribution in [2.24, 2.45) is 5.73 Å². The van der Waals surface area contributed by atoms with Gasteiger partial charge in [-0.3, -0.25) is 9.59 Å². The van der Waals surface area contributed by atoms with E-state index in [0.717, 1.165) is 15.5 Å². The molecule has 0 aliphatic carbocycles. The van der Waals surface area contributed by atoms with Gasteiger partial charge in [0.05, 0.1) is 37.0 Å². The summed E-state index contributed by atoms with van der Waals surface area (Å²) in [5, 5.41) is 3.29. The number of ether oxygens (including phenoxy) is 3. The summed E-state index contributed by atoms with van der Waals surface area (Å²) < 4.78 is 16.8. The number of carbonyl (C=O) groups is 2. The van der Waals surface area contributed by atoms with E-state index in [1.165, 1.54) is 23.1 Å². The van der Waals surface area contributed by atoms with Crippen LogP contribution in [0.4, 0.5) is 5.13 Å². The van der Waals surface area contributed by atoms with Crippen molar-refractivity contribution in [3.63, 3.8) is 0 Å². The van der Waals surface area contributed by atoms with Crippen molar-refractivity contribution in [2.45, 2.75) is 24.0 Å². The average Bonchev–Trinajstić information content (AvgIpc) is 3.02. The lowest BCUT2D eigenvalue weighted by atomic mass is 10.1. The van der Waals surface area contributed by atoms with Crippen molar-refractivity contribution in [3.05, 3.63) is 23.4 Å². The number of hydrogen-bond donors (Lipinski definition) is 2. The number of nitrogens with two attached hydrogens (primary N) is 1. The predicted molar refractivity (Wildman–Crippen MR) is 110 cm³/mol. The molecule has 0 bridgehead atoms. The van der Waals surface area contributed by atoms with Crippen molar-refractivity contribution in [1.82, 2.24) is 4.98 Å². The van der Waals surface area contributed by atoms with E-state index in [1.807, 2.05) is 19.1 Å². The molecule has 2 rings (SSSR count). The van der Waals surface area contributed by atoms with E-state index in [9.17, 15) is 9.59 Å². The van der Waals surface area contributed by atoms with Crippen molar-refractivity contribution < 1.29 is 23.8 Å². The van der Waals surface area contributed by atoms with Gasteiger partial charge in [0, 0.05) is 6.42 Å². The van der Waals surface area contributed by atoms with Gasteiger partial charge in [-0.25, -0.2) is 4.98 Å². The van der Waals surface area contributed by atoms with E-state index in [1.54, 1.807) is 21.3 Å². The number of rotatable bonds is 10. The number of thiazole rings is 1. The second-order valence-electron chi connectivity index (χ2n) is 5.73. The van der Waals surface area contributed by atoms with Gasteiger partial charge in [-0.2, -0.15) is 0 Å². The molecule has 0 saturated heterocycles. The molecule has 0 aliphatic rings. The molecule has 28 heavy (non-hydrogen) atoms. The lowest BCUT2D eigenvalue weighted by molar-refractivity contribution is -0.116. The first-order valence-electron chi connectivity index (χ1n) is 8.35. The summed E-state index contributed by atoms with van der Waals surface area (Å²) in [6, 6.07) is 3.64. The maximum absolute atomic E-state index is 12.3. The van der Waals surface area contributed by atoms with E-state index >= 15 is 0 Å². The molecule has 2 amide bonds. The number of aromatic nitrogens is 1. The molecule has 10 heteroatoms. The molecule has 0 radical (unpaired) electrons. The van der Waals surface area contributed by atoms with Crippen LogP contribution in [-0.4, -0.2) is 43.9 Å². The quantitative estimate of drug-likeness (QED) is 0.563. The van der Waals surface area contributed by atoms with Crippen LogP contribution < -0.4 is 25.3 Å². The number of nitrogens with one attached hydrogen (secondary N) is 1. The summed E-state index contributed by atoms with van der Waals surface area (Å²) in [7, 11) is 4.64. The fraction of sp³-hybridized carbons (Fsp3) is 0.389. The highest BCUT2D eigenvalue weighted by Crippen LogP contribution is 2.38. The Morgan fingerprint density at radius 3 is 2.36 bits per heavy atom. The Bertz CT molecular complexity index is 829. The first-order chi connectivity index (χ1) is 13.4. The highest BCUT2D eigenvalue weighted by molar-refractivity contribution is 8.01. The SMILES string of the molecule is COc1cc(CCC(=O)Nc2nc(C)c(SCC(N)=O)s2)cc(OC)c1OC. The maximum Gasteiger partial charge on any atom is 0.227 e. The normalized spacial score (nSPS) is 10.4. The van der Waals surface area contributed by atoms with E-state index in [-0.39, 0.29) is 18.1 Å². The number of primary amides is 1. The number of hydrogen-bond acceptors (Lipinski definition) is 8. The van der Waals surface area contributed by atoms with Crippen molar-refractivity contribution in [2.75, 3.05) is 32.4 Å². The minimum Gasteiger partial charge on any atom is -0.493 e. The van der Waals surface area contributed by atoms with Crippen molar-refractivity contribution >= 4 is 40.0 Å². The fourth-order valence-electron chi connectivity index (χ4n) is 2.43. The molecule has 0 unspecified atom stereocenters. The largest absolute Gasteiger partial charge is 0.493 e. The number of methoxy groups -OCH3 is 3. The van der Waals surface area contributed by atoms with E-state index < -0.39 is 5.91 Å². The molecule has 8 nitrogen and oxygen atoms in total. The van der Waals surface area contributed by atoms with E-state index in [4.69, 9.17) is 19.9 Å². The molecule has 0 aliphatic heterocycles. The van der Waals surface area contributed by atoms with Gasteiger partial charge in [-0.15, -0.1) is 11.8 Å². The highest BCUT2D eigenvalue weighted by atomic mass is 32.2. The second-order valence-corrected chi connectivity index (χ2v) is 7.97. The molecule has 2 aromatic rings. The van der Waals surface area contributed by atoms with Gasteiger partial charge in [-0.05, 0) is 31.0 Å². The number of anilines is 1. The summed E-state index contributed by atoms with van der Waals surface area (Å²) >= 11 is 2.64. The molecule has 152 valence electrons. The highest BCUT2D eigenvalue weighted by Gasteiger charge is 2.15. The van der Waals surface area contributed by atoms with Crippen molar-refractivity contribution in [3.8, 4) is 17.2 Å². The summed E-state index contributed by atoms with van der Waals surface area (Å²) in [4.78, 5) is 27.5. The van der Waals surface area contributed by atoms with Crippen LogP contribution in [-0.2, 0) is 16.0 Å². The minimum absolute atomic E-state index is 0.158. The Kier molecular flexibility index (Phi) is 7.94. The monoisotopic (exact) mass is 425 g/mol. The standard InChI is InChI=1S/C18H23N3O5S2/c1-10-17(27-9-14(19)22)28-18(20-10)21-15(23)6-5-11-7-12(24-2)16(26-4)13(8-11)25-3/h7-8H,5-6,9H2,1-4H3,(H2,19,22)(H,20,21,23). The zero-order chi connectivity index (χ0) is 20.7. The number of aryl methyl sites for hydroxylation is 2. The number of benzene rings is 1. The summed E-state index contributed by atoms with van der Waals surface area (Å²) in [6.45, 7) is 1.82. The molecule has 0 atom stereocenters.